The first-order chi connectivity index (χ1) is 11.5. The summed E-state index contributed by atoms with van der Waals surface area (Å²) in [6.45, 7) is 4.49. The largest absolute Gasteiger partial charge is 0.334 e. The normalized spacial score (nSPS) is 17.8. The van der Waals surface area contributed by atoms with Gasteiger partial charge in [0.05, 0.1) is 5.69 Å². The molecule has 0 saturated carbocycles. The molecule has 1 aliphatic rings. The SMILES string of the molecule is Cc1cc(=O)c(C(=O)N2CCCC[C@H]2C)nn1-c1ccc(Cl)cc1. The number of aryl methyl sites for hydroxylation is 1. The molecule has 1 aliphatic heterocycles. The van der Waals surface area contributed by atoms with Crippen molar-refractivity contribution in [3.05, 3.63) is 57.0 Å². The number of carbonyl (C=O) groups is 1. The summed E-state index contributed by atoms with van der Waals surface area (Å²) in [5, 5.41) is 4.97. The van der Waals surface area contributed by atoms with Crippen LogP contribution in [0.5, 0.6) is 0 Å². The van der Waals surface area contributed by atoms with Crippen LogP contribution >= 0.6 is 11.6 Å². The van der Waals surface area contributed by atoms with Gasteiger partial charge in [0.25, 0.3) is 5.91 Å². The van der Waals surface area contributed by atoms with Gasteiger partial charge < -0.3 is 4.90 Å². The van der Waals surface area contributed by atoms with Gasteiger partial charge in [0.1, 0.15) is 0 Å². The minimum atomic E-state index is -0.333. The Balaban J connectivity index is 2.02. The van der Waals surface area contributed by atoms with Gasteiger partial charge >= 0.3 is 0 Å². The second kappa shape index (κ2) is 6.77. The van der Waals surface area contributed by atoms with Crippen LogP contribution in [0.1, 0.15) is 42.4 Å². The number of hydrogen-bond acceptors (Lipinski definition) is 3. The van der Waals surface area contributed by atoms with E-state index in [1.54, 1.807) is 28.6 Å². The Bertz CT molecular complexity index is 814. The third-order valence-electron chi connectivity index (χ3n) is 4.45. The topological polar surface area (TPSA) is 55.2 Å². The molecule has 1 aromatic heterocycles. The Morgan fingerprint density at radius 1 is 1.25 bits per heavy atom. The second-order valence-corrected chi connectivity index (χ2v) is 6.67. The summed E-state index contributed by atoms with van der Waals surface area (Å²) in [5.74, 6) is -0.282. The van der Waals surface area contributed by atoms with Gasteiger partial charge in [-0.1, -0.05) is 11.6 Å². The Kier molecular flexibility index (Phi) is 4.71. The molecule has 6 heteroatoms. The fourth-order valence-electron chi connectivity index (χ4n) is 3.08. The van der Waals surface area contributed by atoms with Gasteiger partial charge in [-0.3, -0.25) is 9.59 Å². The van der Waals surface area contributed by atoms with Crippen LogP contribution in [0.2, 0.25) is 5.02 Å². The van der Waals surface area contributed by atoms with Crippen molar-refractivity contribution in [3.8, 4) is 5.69 Å². The standard InChI is InChI=1S/C18H20ClN3O2/c1-12-5-3-4-10-21(12)18(24)17-16(23)11-13(2)22(20-17)15-8-6-14(19)7-9-15/h6-9,11-12H,3-5,10H2,1-2H3/t12-/m1/s1. The summed E-state index contributed by atoms with van der Waals surface area (Å²) in [5.41, 5.74) is 1.08. The minimum Gasteiger partial charge on any atom is -0.334 e. The van der Waals surface area contributed by atoms with Crippen LogP contribution in [-0.4, -0.2) is 33.2 Å². The van der Waals surface area contributed by atoms with Crippen molar-refractivity contribution in [2.75, 3.05) is 6.54 Å². The van der Waals surface area contributed by atoms with Crippen molar-refractivity contribution in [1.29, 1.82) is 0 Å². The summed E-state index contributed by atoms with van der Waals surface area (Å²) < 4.78 is 1.61. The molecule has 126 valence electrons. The quantitative estimate of drug-likeness (QED) is 0.839. The molecule has 0 spiro atoms. The average molecular weight is 346 g/mol. The molecule has 2 aromatic rings. The number of likely N-dealkylation sites (tertiary alicyclic amines) is 1. The summed E-state index contributed by atoms with van der Waals surface area (Å²) in [4.78, 5) is 26.9. The second-order valence-electron chi connectivity index (χ2n) is 6.23. The lowest BCUT2D eigenvalue weighted by Gasteiger charge is -2.33. The molecular weight excluding hydrogens is 326 g/mol. The highest BCUT2D eigenvalue weighted by atomic mass is 35.5. The molecule has 1 saturated heterocycles. The molecule has 0 radical (unpaired) electrons. The highest BCUT2D eigenvalue weighted by Gasteiger charge is 2.27. The van der Waals surface area contributed by atoms with E-state index in [1.165, 1.54) is 6.07 Å². The van der Waals surface area contributed by atoms with E-state index in [1.807, 2.05) is 19.1 Å². The number of piperidine rings is 1. The first kappa shape index (κ1) is 16.7. The number of carbonyl (C=O) groups excluding carboxylic acids is 1. The van der Waals surface area contributed by atoms with Crippen molar-refractivity contribution in [1.82, 2.24) is 14.7 Å². The molecule has 1 aromatic carbocycles. The number of hydrogen-bond donors (Lipinski definition) is 0. The van der Waals surface area contributed by atoms with E-state index >= 15 is 0 Å². The van der Waals surface area contributed by atoms with E-state index in [2.05, 4.69) is 5.10 Å². The number of nitrogens with zero attached hydrogens (tertiary/aromatic N) is 3. The number of halogens is 1. The monoisotopic (exact) mass is 345 g/mol. The molecule has 0 unspecified atom stereocenters. The first-order valence-electron chi connectivity index (χ1n) is 8.15. The lowest BCUT2D eigenvalue weighted by Crippen LogP contribution is -2.44. The van der Waals surface area contributed by atoms with E-state index in [0.29, 0.717) is 17.3 Å². The van der Waals surface area contributed by atoms with Gasteiger partial charge in [-0.15, -0.1) is 0 Å². The van der Waals surface area contributed by atoms with Crippen LogP contribution in [0.3, 0.4) is 0 Å². The lowest BCUT2D eigenvalue weighted by molar-refractivity contribution is 0.0626. The van der Waals surface area contributed by atoms with E-state index in [0.717, 1.165) is 24.9 Å². The van der Waals surface area contributed by atoms with Crippen molar-refractivity contribution in [2.24, 2.45) is 0 Å². The maximum atomic E-state index is 12.8. The van der Waals surface area contributed by atoms with Crippen molar-refractivity contribution >= 4 is 17.5 Å². The maximum absolute atomic E-state index is 12.8. The number of amides is 1. The van der Waals surface area contributed by atoms with Crippen LogP contribution in [-0.2, 0) is 0 Å². The number of aromatic nitrogens is 2. The fourth-order valence-corrected chi connectivity index (χ4v) is 3.20. The van der Waals surface area contributed by atoms with Gasteiger partial charge in [0.15, 0.2) is 5.69 Å². The van der Waals surface area contributed by atoms with Crippen LogP contribution in [0.4, 0.5) is 0 Å². The molecule has 5 nitrogen and oxygen atoms in total. The smallest absolute Gasteiger partial charge is 0.278 e. The zero-order chi connectivity index (χ0) is 17.3. The summed E-state index contributed by atoms with van der Waals surface area (Å²) >= 11 is 5.92. The summed E-state index contributed by atoms with van der Waals surface area (Å²) in [6.07, 6.45) is 3.04. The predicted octanol–water partition coefficient (Wildman–Crippen LogP) is 3.21. The number of rotatable bonds is 2. The maximum Gasteiger partial charge on any atom is 0.278 e. The minimum absolute atomic E-state index is 0.0238. The van der Waals surface area contributed by atoms with Gasteiger partial charge in [0.2, 0.25) is 5.43 Å². The van der Waals surface area contributed by atoms with Crippen molar-refractivity contribution in [3.63, 3.8) is 0 Å². The Labute approximate surface area is 145 Å². The molecular formula is C18H20ClN3O2. The summed E-state index contributed by atoms with van der Waals surface area (Å²) in [6, 6.07) is 8.73. The van der Waals surface area contributed by atoms with Gasteiger partial charge in [-0.25, -0.2) is 4.68 Å². The van der Waals surface area contributed by atoms with E-state index in [9.17, 15) is 9.59 Å². The Hall–Kier alpha value is -2.14. The molecule has 0 aliphatic carbocycles. The molecule has 0 N–H and O–H groups in total. The predicted molar refractivity (Wildman–Crippen MR) is 93.9 cm³/mol. The van der Waals surface area contributed by atoms with Gasteiger partial charge in [0, 0.05) is 29.4 Å². The Morgan fingerprint density at radius 3 is 2.62 bits per heavy atom. The highest BCUT2D eigenvalue weighted by molar-refractivity contribution is 6.30. The van der Waals surface area contributed by atoms with Gasteiger partial charge in [-0.2, -0.15) is 5.10 Å². The average Bonchev–Trinajstić information content (AvgIpc) is 2.56. The molecule has 1 fully saturated rings. The number of benzene rings is 1. The highest BCUT2D eigenvalue weighted by Crippen LogP contribution is 2.18. The fraction of sp³-hybridized carbons (Fsp3) is 0.389. The van der Waals surface area contributed by atoms with Gasteiger partial charge in [-0.05, 0) is 57.4 Å². The van der Waals surface area contributed by atoms with Crippen molar-refractivity contribution in [2.45, 2.75) is 39.2 Å². The van der Waals surface area contributed by atoms with E-state index in [-0.39, 0.29) is 23.1 Å². The van der Waals surface area contributed by atoms with Crippen LogP contribution in [0, 0.1) is 6.92 Å². The lowest BCUT2D eigenvalue weighted by atomic mass is 10.0. The van der Waals surface area contributed by atoms with E-state index in [4.69, 9.17) is 11.6 Å². The van der Waals surface area contributed by atoms with Crippen LogP contribution in [0.25, 0.3) is 5.69 Å². The zero-order valence-electron chi connectivity index (χ0n) is 13.8. The third kappa shape index (κ3) is 3.22. The van der Waals surface area contributed by atoms with E-state index < -0.39 is 0 Å². The summed E-state index contributed by atoms with van der Waals surface area (Å²) in [7, 11) is 0. The molecule has 2 heterocycles. The molecule has 24 heavy (non-hydrogen) atoms. The van der Waals surface area contributed by atoms with Crippen LogP contribution < -0.4 is 5.43 Å². The molecule has 3 rings (SSSR count). The van der Waals surface area contributed by atoms with Crippen molar-refractivity contribution < 1.29 is 4.79 Å². The van der Waals surface area contributed by atoms with Crippen LogP contribution in [0.15, 0.2) is 35.1 Å². The Morgan fingerprint density at radius 2 is 1.96 bits per heavy atom. The molecule has 1 amide bonds. The molecule has 1 atom stereocenters. The molecule has 0 bridgehead atoms. The first-order valence-corrected chi connectivity index (χ1v) is 8.53. The zero-order valence-corrected chi connectivity index (χ0v) is 14.6. The third-order valence-corrected chi connectivity index (χ3v) is 4.70.